The third-order valence-electron chi connectivity index (χ3n) is 5.70. The zero-order valence-corrected chi connectivity index (χ0v) is 19.2. The molecule has 0 atom stereocenters. The number of hydrogen-bond acceptors (Lipinski definition) is 3. The molecule has 0 bridgehead atoms. The third kappa shape index (κ3) is 6.56. The summed E-state index contributed by atoms with van der Waals surface area (Å²) >= 11 is 0. The average Bonchev–Trinajstić information content (AvgIpc) is 2.66. The highest BCUT2D eigenvalue weighted by atomic mass is 127. The Morgan fingerprint density at radius 3 is 2.50 bits per heavy atom. The maximum atomic E-state index is 13.3. The summed E-state index contributed by atoms with van der Waals surface area (Å²) in [5.74, 6) is 0.708. The van der Waals surface area contributed by atoms with E-state index in [0.717, 1.165) is 77.7 Å². The SMILES string of the molecule is CCNC(=NCC1(c2ccc(F)cc2)CCC1)NCCCN1CCOCC1.I. The first-order valence-electron chi connectivity index (χ1n) is 10.3. The molecule has 5 nitrogen and oxygen atoms in total. The molecule has 0 amide bonds. The van der Waals surface area contributed by atoms with E-state index < -0.39 is 0 Å². The minimum atomic E-state index is -0.174. The molecule has 0 radical (unpaired) electrons. The molecular formula is C21H34FIN4O. The fraction of sp³-hybridized carbons (Fsp3) is 0.667. The summed E-state index contributed by atoms with van der Waals surface area (Å²) in [5.41, 5.74) is 1.28. The van der Waals surface area contributed by atoms with Crippen LogP contribution >= 0.6 is 24.0 Å². The molecule has 7 heteroatoms. The summed E-state index contributed by atoms with van der Waals surface area (Å²) in [6.45, 7) is 9.46. The summed E-state index contributed by atoms with van der Waals surface area (Å²) in [7, 11) is 0. The maximum Gasteiger partial charge on any atom is 0.191 e. The first-order valence-corrected chi connectivity index (χ1v) is 10.3. The van der Waals surface area contributed by atoms with Crippen molar-refractivity contribution in [2.75, 3.05) is 52.5 Å². The number of halogens is 2. The van der Waals surface area contributed by atoms with Crippen molar-refractivity contribution in [2.45, 2.75) is 38.0 Å². The van der Waals surface area contributed by atoms with E-state index in [9.17, 15) is 4.39 Å². The molecule has 0 aromatic heterocycles. The van der Waals surface area contributed by atoms with E-state index in [4.69, 9.17) is 9.73 Å². The predicted octanol–water partition coefficient (Wildman–Crippen LogP) is 3.14. The highest BCUT2D eigenvalue weighted by Crippen LogP contribution is 2.44. The predicted molar refractivity (Wildman–Crippen MR) is 123 cm³/mol. The smallest absolute Gasteiger partial charge is 0.191 e. The fourth-order valence-corrected chi connectivity index (χ4v) is 3.85. The van der Waals surface area contributed by atoms with Gasteiger partial charge in [0.1, 0.15) is 5.82 Å². The number of nitrogens with one attached hydrogen (secondary N) is 2. The summed E-state index contributed by atoms with van der Waals surface area (Å²) in [6, 6.07) is 6.97. The number of guanidine groups is 1. The van der Waals surface area contributed by atoms with Crippen LogP contribution in [0, 0.1) is 5.82 Å². The number of aliphatic imine (C=N–C) groups is 1. The maximum absolute atomic E-state index is 13.3. The van der Waals surface area contributed by atoms with Gasteiger partial charge in [0.05, 0.1) is 19.8 Å². The van der Waals surface area contributed by atoms with Crippen molar-refractivity contribution in [1.82, 2.24) is 15.5 Å². The van der Waals surface area contributed by atoms with Crippen LogP contribution < -0.4 is 10.6 Å². The van der Waals surface area contributed by atoms with Gasteiger partial charge in [-0.2, -0.15) is 0 Å². The highest BCUT2D eigenvalue weighted by Gasteiger charge is 2.38. The van der Waals surface area contributed by atoms with E-state index in [2.05, 4.69) is 22.5 Å². The number of rotatable bonds is 8. The minimum absolute atomic E-state index is 0. The molecule has 2 aliphatic rings. The third-order valence-corrected chi connectivity index (χ3v) is 5.70. The Morgan fingerprint density at radius 1 is 1.18 bits per heavy atom. The second-order valence-electron chi connectivity index (χ2n) is 7.57. The number of benzene rings is 1. The van der Waals surface area contributed by atoms with E-state index in [0.29, 0.717) is 0 Å². The van der Waals surface area contributed by atoms with Gasteiger partial charge in [0.25, 0.3) is 0 Å². The van der Waals surface area contributed by atoms with Gasteiger partial charge in [-0.05, 0) is 50.4 Å². The lowest BCUT2D eigenvalue weighted by Crippen LogP contribution is -2.43. The average molecular weight is 504 g/mol. The molecule has 1 aromatic carbocycles. The molecular weight excluding hydrogens is 470 g/mol. The number of hydrogen-bond donors (Lipinski definition) is 2. The summed E-state index contributed by atoms with van der Waals surface area (Å²) in [5, 5.41) is 6.81. The number of ether oxygens (including phenoxy) is 1. The molecule has 2 N–H and O–H groups in total. The largest absolute Gasteiger partial charge is 0.379 e. The van der Waals surface area contributed by atoms with Gasteiger partial charge in [-0.25, -0.2) is 4.39 Å². The molecule has 0 spiro atoms. The standard InChI is InChI=1S/C21H33FN4O.HI/c1-2-23-20(24-11-4-12-26-13-15-27-16-14-26)25-17-21(9-3-10-21)18-5-7-19(22)8-6-18;/h5-8H,2-4,9-17H2,1H3,(H2,23,24,25);1H. The van der Waals surface area contributed by atoms with Gasteiger partial charge < -0.3 is 15.4 Å². The highest BCUT2D eigenvalue weighted by molar-refractivity contribution is 14.0. The quantitative estimate of drug-likeness (QED) is 0.247. The first-order chi connectivity index (χ1) is 13.2. The first kappa shape index (κ1) is 23.3. The number of morpholine rings is 1. The second-order valence-corrected chi connectivity index (χ2v) is 7.57. The molecule has 0 unspecified atom stereocenters. The van der Waals surface area contributed by atoms with E-state index in [1.54, 1.807) is 12.1 Å². The van der Waals surface area contributed by atoms with Crippen molar-refractivity contribution >= 4 is 29.9 Å². The molecule has 1 aliphatic heterocycles. The Labute approximate surface area is 185 Å². The van der Waals surface area contributed by atoms with Gasteiger partial charge in [-0.1, -0.05) is 18.6 Å². The summed E-state index contributed by atoms with van der Waals surface area (Å²) < 4.78 is 18.7. The van der Waals surface area contributed by atoms with Crippen molar-refractivity contribution in [3.63, 3.8) is 0 Å². The fourth-order valence-electron chi connectivity index (χ4n) is 3.85. The Morgan fingerprint density at radius 2 is 1.89 bits per heavy atom. The van der Waals surface area contributed by atoms with Gasteiger partial charge in [0.2, 0.25) is 0 Å². The van der Waals surface area contributed by atoms with Crippen molar-refractivity contribution < 1.29 is 9.13 Å². The van der Waals surface area contributed by atoms with E-state index in [1.165, 1.54) is 12.0 Å². The van der Waals surface area contributed by atoms with Crippen LogP contribution in [0.2, 0.25) is 0 Å². The van der Waals surface area contributed by atoms with Gasteiger partial charge in [0.15, 0.2) is 5.96 Å². The topological polar surface area (TPSA) is 48.9 Å². The molecule has 158 valence electrons. The normalized spacial score (nSPS) is 19.4. The van der Waals surface area contributed by atoms with Crippen LogP contribution in [0.3, 0.4) is 0 Å². The van der Waals surface area contributed by atoms with E-state index in [1.807, 2.05) is 12.1 Å². The number of nitrogens with zero attached hydrogens (tertiary/aromatic N) is 2. The molecule has 1 saturated carbocycles. The Balaban J connectivity index is 0.00000280. The van der Waals surface area contributed by atoms with Crippen molar-refractivity contribution in [3.8, 4) is 0 Å². The Hall–Kier alpha value is -0.930. The Kier molecular flexibility index (Phi) is 9.94. The summed E-state index contributed by atoms with van der Waals surface area (Å²) in [4.78, 5) is 7.31. The van der Waals surface area contributed by atoms with Crippen LogP contribution in [0.25, 0.3) is 0 Å². The second kappa shape index (κ2) is 11.9. The van der Waals surface area contributed by atoms with E-state index >= 15 is 0 Å². The summed E-state index contributed by atoms with van der Waals surface area (Å²) in [6.07, 6.45) is 4.56. The monoisotopic (exact) mass is 504 g/mol. The molecule has 1 aliphatic carbocycles. The molecule has 2 fully saturated rings. The molecule has 28 heavy (non-hydrogen) atoms. The molecule has 1 aromatic rings. The van der Waals surface area contributed by atoms with Gasteiger partial charge in [0, 0.05) is 31.6 Å². The van der Waals surface area contributed by atoms with Crippen LogP contribution in [0.1, 0.15) is 38.2 Å². The van der Waals surface area contributed by atoms with Crippen LogP contribution in [0.4, 0.5) is 4.39 Å². The van der Waals surface area contributed by atoms with Crippen molar-refractivity contribution in [3.05, 3.63) is 35.6 Å². The van der Waals surface area contributed by atoms with Crippen LogP contribution in [0.15, 0.2) is 29.3 Å². The van der Waals surface area contributed by atoms with Crippen LogP contribution in [0.5, 0.6) is 0 Å². The van der Waals surface area contributed by atoms with Gasteiger partial charge >= 0.3 is 0 Å². The van der Waals surface area contributed by atoms with Crippen molar-refractivity contribution in [1.29, 1.82) is 0 Å². The van der Waals surface area contributed by atoms with E-state index in [-0.39, 0.29) is 35.2 Å². The molecule has 3 rings (SSSR count). The Bertz CT molecular complexity index is 601. The van der Waals surface area contributed by atoms with Crippen molar-refractivity contribution in [2.24, 2.45) is 4.99 Å². The zero-order valence-electron chi connectivity index (χ0n) is 16.9. The lowest BCUT2D eigenvalue weighted by molar-refractivity contribution is 0.0376. The van der Waals surface area contributed by atoms with Crippen LogP contribution in [-0.4, -0.2) is 63.3 Å². The lowest BCUT2D eigenvalue weighted by Gasteiger charge is -2.41. The molecule has 1 saturated heterocycles. The van der Waals surface area contributed by atoms with Gasteiger partial charge in [-0.15, -0.1) is 24.0 Å². The van der Waals surface area contributed by atoms with Crippen LogP contribution in [-0.2, 0) is 10.2 Å². The molecule has 1 heterocycles. The lowest BCUT2D eigenvalue weighted by atomic mass is 9.64. The zero-order chi connectivity index (χ0) is 19.0. The van der Waals surface area contributed by atoms with Gasteiger partial charge in [-0.3, -0.25) is 9.89 Å². The minimum Gasteiger partial charge on any atom is -0.379 e.